The molecule has 0 aliphatic carbocycles. The van der Waals surface area contributed by atoms with Gasteiger partial charge in [0.1, 0.15) is 0 Å². The quantitative estimate of drug-likeness (QED) is 0.495. The van der Waals surface area contributed by atoms with Gasteiger partial charge in [0.25, 0.3) is 0 Å². The lowest BCUT2D eigenvalue weighted by molar-refractivity contribution is -0.160. The van der Waals surface area contributed by atoms with E-state index < -0.39 is 11.6 Å². The molecule has 1 rings (SSSR count). The Bertz CT molecular complexity index is 255. The molecule has 0 saturated carbocycles. The van der Waals surface area contributed by atoms with Gasteiger partial charge in [-0.2, -0.15) is 0 Å². The monoisotopic (exact) mass is 184 g/mol. The summed E-state index contributed by atoms with van der Waals surface area (Å²) >= 11 is 0. The molecule has 3 heteroatoms. The average Bonchev–Trinajstić information content (AvgIpc) is 2.21. The Hall–Kier alpha value is -0.830. The highest BCUT2D eigenvalue weighted by Crippen LogP contribution is 2.29. The highest BCUT2D eigenvalue weighted by Gasteiger charge is 2.39. The van der Waals surface area contributed by atoms with Crippen molar-refractivity contribution in [2.24, 2.45) is 0 Å². The van der Waals surface area contributed by atoms with Crippen LogP contribution in [0.3, 0.4) is 0 Å². The molecule has 0 aromatic rings. The molecule has 0 bridgehead atoms. The van der Waals surface area contributed by atoms with Crippen molar-refractivity contribution in [1.82, 2.24) is 0 Å². The Morgan fingerprint density at radius 3 is 2.69 bits per heavy atom. The maximum absolute atomic E-state index is 11.4. The van der Waals surface area contributed by atoms with Crippen LogP contribution in [0.25, 0.3) is 0 Å². The van der Waals surface area contributed by atoms with Crippen LogP contribution in [-0.4, -0.2) is 23.3 Å². The normalized spacial score (nSPS) is 30.0. The van der Waals surface area contributed by atoms with E-state index in [4.69, 9.17) is 4.74 Å². The van der Waals surface area contributed by atoms with Gasteiger partial charge in [-0.15, -0.1) is 0 Å². The summed E-state index contributed by atoms with van der Waals surface area (Å²) in [6, 6.07) is 0. The van der Waals surface area contributed by atoms with E-state index in [-0.39, 0.29) is 0 Å². The minimum absolute atomic E-state index is 0.370. The third kappa shape index (κ3) is 1.61. The van der Waals surface area contributed by atoms with E-state index in [2.05, 4.69) is 0 Å². The lowest BCUT2D eigenvalue weighted by Crippen LogP contribution is -2.40. The van der Waals surface area contributed by atoms with Gasteiger partial charge in [0.15, 0.2) is 5.60 Å². The fraction of sp³-hybridized carbons (Fsp3) is 0.700. The van der Waals surface area contributed by atoms with E-state index in [0.29, 0.717) is 13.0 Å². The van der Waals surface area contributed by atoms with Crippen molar-refractivity contribution in [1.29, 1.82) is 0 Å². The largest absolute Gasteiger partial charge is 0.463 e. The molecule has 0 unspecified atom stereocenters. The molecule has 0 spiro atoms. The van der Waals surface area contributed by atoms with Crippen LogP contribution in [-0.2, 0) is 9.53 Å². The highest BCUT2D eigenvalue weighted by molar-refractivity contribution is 5.83. The van der Waals surface area contributed by atoms with Crippen molar-refractivity contribution in [3.05, 3.63) is 11.1 Å². The summed E-state index contributed by atoms with van der Waals surface area (Å²) in [6.07, 6.45) is 1.09. The Labute approximate surface area is 78.4 Å². The van der Waals surface area contributed by atoms with Crippen LogP contribution in [0.1, 0.15) is 33.6 Å². The number of esters is 1. The van der Waals surface area contributed by atoms with Gasteiger partial charge in [-0.25, -0.2) is 4.79 Å². The second-order valence-electron chi connectivity index (χ2n) is 3.51. The number of cyclic esters (lactones) is 1. The van der Waals surface area contributed by atoms with Crippen LogP contribution in [0.4, 0.5) is 0 Å². The Balaban J connectivity index is 3.11. The molecule has 0 aromatic carbocycles. The van der Waals surface area contributed by atoms with Gasteiger partial charge in [0.05, 0.1) is 6.61 Å². The lowest BCUT2D eigenvalue weighted by atomic mass is 9.89. The van der Waals surface area contributed by atoms with Gasteiger partial charge in [-0.3, -0.25) is 0 Å². The van der Waals surface area contributed by atoms with Gasteiger partial charge in [0, 0.05) is 6.42 Å². The molecule has 13 heavy (non-hydrogen) atoms. The average molecular weight is 184 g/mol. The lowest BCUT2D eigenvalue weighted by Gasteiger charge is -2.24. The summed E-state index contributed by atoms with van der Waals surface area (Å²) in [5, 5.41) is 10.0. The highest BCUT2D eigenvalue weighted by atomic mass is 16.5. The predicted molar refractivity (Wildman–Crippen MR) is 49.2 cm³/mol. The summed E-state index contributed by atoms with van der Waals surface area (Å²) in [5.74, 6) is -0.510. The number of ether oxygens (including phenoxy) is 1. The first-order chi connectivity index (χ1) is 6.02. The van der Waals surface area contributed by atoms with Crippen LogP contribution in [0, 0.1) is 0 Å². The summed E-state index contributed by atoms with van der Waals surface area (Å²) in [5.41, 5.74) is 0.410. The van der Waals surface area contributed by atoms with E-state index in [0.717, 1.165) is 17.6 Å². The third-order valence-corrected chi connectivity index (χ3v) is 2.82. The second kappa shape index (κ2) is 3.50. The molecule has 1 aliphatic rings. The molecular formula is C10H16O3. The van der Waals surface area contributed by atoms with Crippen LogP contribution in [0.5, 0.6) is 0 Å². The molecular weight excluding hydrogens is 168 g/mol. The van der Waals surface area contributed by atoms with Crippen LogP contribution >= 0.6 is 0 Å². The first-order valence-corrected chi connectivity index (χ1v) is 4.58. The van der Waals surface area contributed by atoms with E-state index in [9.17, 15) is 9.90 Å². The standard InChI is InChI=1S/C10H16O3/c1-4-10(12)8(3)7(2)5-6-13-9(10)11/h12H,4-6H2,1-3H3/t10-/m1/s1. The van der Waals surface area contributed by atoms with Crippen molar-refractivity contribution in [3.63, 3.8) is 0 Å². The first kappa shape index (κ1) is 10.3. The summed E-state index contributed by atoms with van der Waals surface area (Å²) in [6.45, 7) is 5.89. The minimum Gasteiger partial charge on any atom is -0.463 e. The number of hydrogen-bond donors (Lipinski definition) is 1. The SMILES string of the molecule is CC[C@]1(O)C(=O)OCCC(C)=C1C. The number of carbonyl (C=O) groups is 1. The molecule has 0 aromatic heterocycles. The number of aliphatic hydroxyl groups is 1. The summed E-state index contributed by atoms with van der Waals surface area (Å²) in [4.78, 5) is 11.4. The molecule has 1 N–H and O–H groups in total. The molecule has 0 saturated heterocycles. The maximum Gasteiger partial charge on any atom is 0.342 e. The molecule has 0 amide bonds. The van der Waals surface area contributed by atoms with Crippen LogP contribution in [0.15, 0.2) is 11.1 Å². The zero-order valence-electron chi connectivity index (χ0n) is 8.39. The molecule has 3 nitrogen and oxygen atoms in total. The Morgan fingerprint density at radius 2 is 2.15 bits per heavy atom. The van der Waals surface area contributed by atoms with Gasteiger partial charge < -0.3 is 9.84 Å². The Morgan fingerprint density at radius 1 is 1.54 bits per heavy atom. The van der Waals surface area contributed by atoms with E-state index in [1.54, 1.807) is 13.8 Å². The molecule has 1 atom stereocenters. The smallest absolute Gasteiger partial charge is 0.342 e. The van der Waals surface area contributed by atoms with Gasteiger partial charge in [-0.05, 0) is 25.8 Å². The van der Waals surface area contributed by atoms with Crippen molar-refractivity contribution >= 4 is 5.97 Å². The fourth-order valence-corrected chi connectivity index (χ4v) is 1.52. The molecule has 1 heterocycles. The zero-order valence-corrected chi connectivity index (χ0v) is 8.39. The van der Waals surface area contributed by atoms with E-state index >= 15 is 0 Å². The van der Waals surface area contributed by atoms with Crippen LogP contribution in [0.2, 0.25) is 0 Å². The topological polar surface area (TPSA) is 46.5 Å². The van der Waals surface area contributed by atoms with Crippen molar-refractivity contribution < 1.29 is 14.6 Å². The second-order valence-corrected chi connectivity index (χ2v) is 3.51. The first-order valence-electron chi connectivity index (χ1n) is 4.58. The summed E-state index contributed by atoms with van der Waals surface area (Å²) < 4.78 is 4.92. The molecule has 0 fully saturated rings. The minimum atomic E-state index is -1.39. The van der Waals surface area contributed by atoms with E-state index in [1.165, 1.54) is 0 Å². The number of carbonyl (C=O) groups excluding carboxylic acids is 1. The number of rotatable bonds is 1. The molecule has 1 aliphatic heterocycles. The van der Waals surface area contributed by atoms with Crippen molar-refractivity contribution in [2.75, 3.05) is 6.61 Å². The fourth-order valence-electron chi connectivity index (χ4n) is 1.52. The van der Waals surface area contributed by atoms with Crippen LogP contribution < -0.4 is 0 Å². The summed E-state index contributed by atoms with van der Waals surface area (Å²) in [7, 11) is 0. The van der Waals surface area contributed by atoms with Crippen molar-refractivity contribution in [3.8, 4) is 0 Å². The Kier molecular flexibility index (Phi) is 2.76. The predicted octanol–water partition coefficient (Wildman–Crippen LogP) is 1.41. The molecule has 74 valence electrons. The van der Waals surface area contributed by atoms with Gasteiger partial charge in [-0.1, -0.05) is 12.5 Å². The van der Waals surface area contributed by atoms with E-state index in [1.807, 2.05) is 6.92 Å². The molecule has 0 radical (unpaired) electrons. The number of hydrogen-bond acceptors (Lipinski definition) is 3. The van der Waals surface area contributed by atoms with Gasteiger partial charge in [0.2, 0.25) is 0 Å². The third-order valence-electron chi connectivity index (χ3n) is 2.82. The zero-order chi connectivity index (χ0) is 10.1. The maximum atomic E-state index is 11.4. The van der Waals surface area contributed by atoms with Gasteiger partial charge >= 0.3 is 5.97 Å². The van der Waals surface area contributed by atoms with Crippen molar-refractivity contribution in [2.45, 2.75) is 39.2 Å².